The molecule has 240 valence electrons. The quantitative estimate of drug-likeness (QED) is 0.322. The van der Waals surface area contributed by atoms with E-state index in [1.807, 2.05) is 23.1 Å². The molecule has 46 heavy (non-hydrogen) atoms. The Morgan fingerprint density at radius 3 is 2.76 bits per heavy atom. The number of aryl methyl sites for hydroxylation is 1. The van der Waals surface area contributed by atoms with Crippen LogP contribution in [0.2, 0.25) is 0 Å². The fraction of sp³-hybridized carbons (Fsp3) is 0.486. The third-order valence-corrected chi connectivity index (χ3v) is 10.4. The number of aromatic hydroxyl groups is 1. The maximum absolute atomic E-state index is 16.9. The SMILES string of the molecule is O=C1CCCCc2cccc3cc(O)cc(c23)-c2ncc3c(nc(OC[C@@]45CCCN4C[C@H](F)C5)nc3c2F)N2CCCN1CC2. The highest BCUT2D eigenvalue weighted by Crippen LogP contribution is 2.42. The van der Waals surface area contributed by atoms with Crippen LogP contribution in [0.4, 0.5) is 14.6 Å². The Morgan fingerprint density at radius 1 is 1.00 bits per heavy atom. The van der Waals surface area contributed by atoms with Gasteiger partial charge in [0.25, 0.3) is 0 Å². The second-order valence-electron chi connectivity index (χ2n) is 13.3. The summed E-state index contributed by atoms with van der Waals surface area (Å²) in [6.07, 6.45) is 6.39. The number of carbonyl (C=O) groups is 1. The number of aromatic nitrogens is 3. The van der Waals surface area contributed by atoms with Crippen LogP contribution in [-0.2, 0) is 11.2 Å². The highest BCUT2D eigenvalue weighted by molar-refractivity contribution is 6.01. The highest BCUT2D eigenvalue weighted by atomic mass is 19.1. The Labute approximate surface area is 266 Å². The van der Waals surface area contributed by atoms with Gasteiger partial charge in [-0.2, -0.15) is 9.97 Å². The third kappa shape index (κ3) is 5.09. The van der Waals surface area contributed by atoms with Gasteiger partial charge in [-0.15, -0.1) is 0 Å². The minimum absolute atomic E-state index is 0.0151. The van der Waals surface area contributed by atoms with Crippen LogP contribution >= 0.6 is 0 Å². The van der Waals surface area contributed by atoms with Crippen LogP contribution in [0.5, 0.6) is 11.8 Å². The maximum atomic E-state index is 16.9. The van der Waals surface area contributed by atoms with Gasteiger partial charge in [0, 0.05) is 57.3 Å². The molecular formula is C35H38F2N6O3. The van der Waals surface area contributed by atoms with Gasteiger partial charge in [0.1, 0.15) is 35.6 Å². The summed E-state index contributed by atoms with van der Waals surface area (Å²) in [5, 5.41) is 12.7. The lowest BCUT2D eigenvalue weighted by Gasteiger charge is -2.31. The molecule has 9 rings (SSSR count). The number of hydrogen-bond donors (Lipinski definition) is 1. The summed E-state index contributed by atoms with van der Waals surface area (Å²) in [6.45, 7) is 3.80. The molecule has 2 aromatic carbocycles. The Bertz CT molecular complexity index is 1840. The molecule has 6 bridgehead atoms. The standard InChI is InChI=1S/C35H38F2N6O3/c36-24-18-35(10-4-13-43(35)20-24)21-46-34-39-32-27-19-38-31(30(32)37)26-17-25(44)16-23-8-3-7-22(29(23)26)6-1-2-9-28(45)41-11-5-12-42(15-14-41)33(27)40-34/h3,7-8,16-17,19,24,44H,1-2,4-6,9-15,18,20-21H2/t24-,35+/m1/s1. The monoisotopic (exact) mass is 628 g/mol. The van der Waals surface area contributed by atoms with Crippen molar-refractivity contribution in [3.05, 3.63) is 47.9 Å². The minimum Gasteiger partial charge on any atom is -0.508 e. The lowest BCUT2D eigenvalue weighted by molar-refractivity contribution is -0.131. The Hall–Kier alpha value is -4.12. The van der Waals surface area contributed by atoms with E-state index in [-0.39, 0.29) is 35.5 Å². The van der Waals surface area contributed by atoms with Crippen LogP contribution in [0, 0.1) is 5.82 Å². The first kappa shape index (κ1) is 29.3. The van der Waals surface area contributed by atoms with Crippen molar-refractivity contribution in [2.45, 2.75) is 63.1 Å². The second kappa shape index (κ2) is 11.6. The molecule has 11 heteroatoms. The van der Waals surface area contributed by atoms with Gasteiger partial charge in [-0.1, -0.05) is 18.2 Å². The van der Waals surface area contributed by atoms with Crippen LogP contribution in [0.1, 0.15) is 50.5 Å². The zero-order valence-corrected chi connectivity index (χ0v) is 25.9. The van der Waals surface area contributed by atoms with Crippen LogP contribution in [0.15, 0.2) is 36.5 Å². The molecule has 9 nitrogen and oxygen atoms in total. The van der Waals surface area contributed by atoms with Crippen molar-refractivity contribution < 1.29 is 23.4 Å². The molecule has 5 aliphatic rings. The molecule has 1 N–H and O–H groups in total. The zero-order chi connectivity index (χ0) is 31.4. The molecule has 3 fully saturated rings. The number of carbonyl (C=O) groups excluding carboxylic acids is 1. The van der Waals surface area contributed by atoms with Gasteiger partial charge in [-0.3, -0.25) is 14.7 Å². The number of anilines is 1. The Kier molecular flexibility index (Phi) is 7.38. The van der Waals surface area contributed by atoms with Crippen molar-refractivity contribution in [3.63, 3.8) is 0 Å². The molecule has 0 aliphatic carbocycles. The number of alkyl halides is 1. The summed E-state index contributed by atoms with van der Waals surface area (Å²) >= 11 is 0. The molecule has 0 saturated carbocycles. The average Bonchev–Trinajstić information content (AvgIpc) is 3.45. The number of amides is 1. The molecule has 5 aliphatic heterocycles. The summed E-state index contributed by atoms with van der Waals surface area (Å²) in [6, 6.07) is 9.13. The van der Waals surface area contributed by atoms with Gasteiger partial charge in [0.15, 0.2) is 5.82 Å². The molecule has 1 amide bonds. The maximum Gasteiger partial charge on any atom is 0.319 e. The van der Waals surface area contributed by atoms with E-state index in [2.05, 4.69) is 19.8 Å². The van der Waals surface area contributed by atoms with Crippen LogP contribution in [0.3, 0.4) is 0 Å². The molecular weight excluding hydrogens is 590 g/mol. The van der Waals surface area contributed by atoms with E-state index >= 15 is 4.39 Å². The lowest BCUT2D eigenvalue weighted by Crippen LogP contribution is -2.43. The summed E-state index contributed by atoms with van der Waals surface area (Å²) < 4.78 is 37.7. The first-order valence-corrected chi connectivity index (χ1v) is 16.5. The van der Waals surface area contributed by atoms with E-state index in [0.29, 0.717) is 68.8 Å². The fourth-order valence-corrected chi connectivity index (χ4v) is 8.18. The molecule has 3 saturated heterocycles. The lowest BCUT2D eigenvalue weighted by atomic mass is 9.93. The summed E-state index contributed by atoms with van der Waals surface area (Å²) in [5.41, 5.74) is 1.25. The molecule has 0 unspecified atom stereocenters. The topological polar surface area (TPSA) is 94.9 Å². The van der Waals surface area contributed by atoms with Gasteiger partial charge in [-0.05, 0) is 73.5 Å². The zero-order valence-electron chi connectivity index (χ0n) is 25.9. The summed E-state index contributed by atoms with van der Waals surface area (Å²) in [7, 11) is 0. The van der Waals surface area contributed by atoms with E-state index < -0.39 is 17.5 Å². The molecule has 4 aromatic rings. The predicted octanol–water partition coefficient (Wildman–Crippen LogP) is 5.41. The van der Waals surface area contributed by atoms with Gasteiger partial charge >= 0.3 is 6.01 Å². The van der Waals surface area contributed by atoms with Crippen molar-refractivity contribution >= 4 is 33.4 Å². The van der Waals surface area contributed by atoms with Crippen molar-refractivity contribution in [2.24, 2.45) is 0 Å². The largest absolute Gasteiger partial charge is 0.508 e. The second-order valence-corrected chi connectivity index (χ2v) is 13.3. The van der Waals surface area contributed by atoms with Crippen molar-refractivity contribution in [1.29, 1.82) is 0 Å². The van der Waals surface area contributed by atoms with Gasteiger partial charge in [0.2, 0.25) is 5.91 Å². The van der Waals surface area contributed by atoms with E-state index in [9.17, 15) is 14.3 Å². The van der Waals surface area contributed by atoms with Crippen molar-refractivity contribution in [3.8, 4) is 23.0 Å². The Morgan fingerprint density at radius 2 is 1.85 bits per heavy atom. The summed E-state index contributed by atoms with van der Waals surface area (Å²) in [5.74, 6) is 0.0511. The van der Waals surface area contributed by atoms with Crippen LogP contribution in [-0.4, -0.2) is 93.4 Å². The highest BCUT2D eigenvalue weighted by Gasteiger charge is 2.49. The molecule has 2 aromatic heterocycles. The average molecular weight is 629 g/mol. The number of halogens is 2. The molecule has 0 radical (unpaired) electrons. The molecule has 2 atom stereocenters. The summed E-state index contributed by atoms with van der Waals surface area (Å²) in [4.78, 5) is 33.5. The molecule has 0 spiro atoms. The van der Waals surface area contributed by atoms with E-state index in [4.69, 9.17) is 9.72 Å². The number of pyridine rings is 1. The smallest absolute Gasteiger partial charge is 0.319 e. The van der Waals surface area contributed by atoms with Gasteiger partial charge in [-0.25, -0.2) is 8.78 Å². The number of fused-ring (bicyclic) bond motifs is 6. The number of phenolic OH excluding ortho intramolecular Hbond substituents is 1. The van der Waals surface area contributed by atoms with Crippen molar-refractivity contribution in [2.75, 3.05) is 50.8 Å². The predicted molar refractivity (Wildman–Crippen MR) is 171 cm³/mol. The Balaban J connectivity index is 1.29. The number of rotatable bonds is 3. The number of nitrogens with zero attached hydrogens (tertiary/aromatic N) is 6. The van der Waals surface area contributed by atoms with Crippen LogP contribution < -0.4 is 9.64 Å². The van der Waals surface area contributed by atoms with Gasteiger partial charge < -0.3 is 19.6 Å². The normalized spacial score (nSPS) is 23.9. The van der Waals surface area contributed by atoms with E-state index in [0.717, 1.165) is 55.0 Å². The molecule has 7 heterocycles. The number of hydrogen-bond acceptors (Lipinski definition) is 8. The van der Waals surface area contributed by atoms with E-state index in [1.54, 1.807) is 18.3 Å². The van der Waals surface area contributed by atoms with Crippen molar-refractivity contribution in [1.82, 2.24) is 24.8 Å². The number of phenols is 1. The first-order chi connectivity index (χ1) is 22.4. The first-order valence-electron chi connectivity index (χ1n) is 16.5. The number of ether oxygens (including phenoxy) is 1. The van der Waals surface area contributed by atoms with Gasteiger partial charge in [0.05, 0.1) is 10.9 Å². The third-order valence-electron chi connectivity index (χ3n) is 10.4. The van der Waals surface area contributed by atoms with E-state index in [1.165, 1.54) is 0 Å². The number of benzene rings is 2. The van der Waals surface area contributed by atoms with Crippen LogP contribution in [0.25, 0.3) is 32.9 Å². The fourth-order valence-electron chi connectivity index (χ4n) is 8.18. The minimum atomic E-state index is -0.899.